The van der Waals surface area contributed by atoms with Crippen LogP contribution < -0.4 is 24.2 Å². The van der Waals surface area contributed by atoms with Gasteiger partial charge >= 0.3 is 0 Å². The zero-order valence-electron chi connectivity index (χ0n) is 18.2. The summed E-state index contributed by atoms with van der Waals surface area (Å²) >= 11 is 6.06. The molecule has 3 rings (SSSR count). The third-order valence-corrected chi connectivity index (χ3v) is 6.27. The molecule has 3 aromatic rings. The number of amides is 1. The van der Waals surface area contributed by atoms with Crippen molar-refractivity contribution in [3.8, 4) is 17.2 Å². The highest BCUT2D eigenvalue weighted by Gasteiger charge is 2.16. The van der Waals surface area contributed by atoms with Gasteiger partial charge in [-0.05, 0) is 73.2 Å². The summed E-state index contributed by atoms with van der Waals surface area (Å²) in [5, 5.41) is 3.04. The van der Waals surface area contributed by atoms with E-state index in [4.69, 9.17) is 25.8 Å². The summed E-state index contributed by atoms with van der Waals surface area (Å²) in [7, 11) is -0.769. The summed E-state index contributed by atoms with van der Waals surface area (Å²) < 4.78 is 43.6. The Morgan fingerprint density at radius 1 is 0.909 bits per heavy atom. The van der Waals surface area contributed by atoms with Crippen molar-refractivity contribution in [1.82, 2.24) is 0 Å². The Morgan fingerprint density at radius 2 is 1.58 bits per heavy atom. The molecule has 0 unspecified atom stereocenters. The van der Waals surface area contributed by atoms with Crippen molar-refractivity contribution in [2.75, 3.05) is 30.9 Å². The minimum atomic E-state index is -3.80. The predicted molar refractivity (Wildman–Crippen MR) is 127 cm³/mol. The molecule has 8 nitrogen and oxygen atoms in total. The molecule has 0 aliphatic carbocycles. The molecule has 174 valence electrons. The number of ether oxygens (including phenoxy) is 3. The molecule has 0 atom stereocenters. The van der Waals surface area contributed by atoms with E-state index in [-0.39, 0.29) is 11.5 Å². The maximum atomic E-state index is 12.7. The second-order valence-electron chi connectivity index (χ2n) is 6.95. The van der Waals surface area contributed by atoms with Gasteiger partial charge in [0.1, 0.15) is 17.2 Å². The Hall–Kier alpha value is -3.43. The van der Waals surface area contributed by atoms with E-state index >= 15 is 0 Å². The quantitative estimate of drug-likeness (QED) is 0.458. The number of hydrogen-bond acceptors (Lipinski definition) is 6. The molecular weight excluding hydrogens is 468 g/mol. The van der Waals surface area contributed by atoms with Crippen molar-refractivity contribution < 1.29 is 27.4 Å². The number of anilines is 2. The number of rotatable bonds is 9. The van der Waals surface area contributed by atoms with Crippen LogP contribution in [-0.2, 0) is 14.8 Å². The van der Waals surface area contributed by atoms with Crippen LogP contribution in [0.2, 0.25) is 5.02 Å². The van der Waals surface area contributed by atoms with Gasteiger partial charge in [0, 0.05) is 11.4 Å². The van der Waals surface area contributed by atoms with E-state index in [2.05, 4.69) is 10.0 Å². The molecule has 0 saturated carbocycles. The van der Waals surface area contributed by atoms with E-state index in [1.807, 2.05) is 0 Å². The molecule has 0 heterocycles. The van der Waals surface area contributed by atoms with Crippen molar-refractivity contribution in [2.45, 2.75) is 11.8 Å². The highest BCUT2D eigenvalue weighted by molar-refractivity contribution is 7.92. The van der Waals surface area contributed by atoms with Gasteiger partial charge in [-0.1, -0.05) is 11.6 Å². The maximum Gasteiger partial charge on any atom is 0.262 e. The second-order valence-corrected chi connectivity index (χ2v) is 9.04. The lowest BCUT2D eigenvalue weighted by atomic mass is 10.2. The summed E-state index contributed by atoms with van der Waals surface area (Å²) in [6, 6.07) is 15.8. The van der Waals surface area contributed by atoms with Crippen molar-refractivity contribution >= 4 is 38.9 Å². The van der Waals surface area contributed by atoms with Crippen molar-refractivity contribution in [3.63, 3.8) is 0 Å². The van der Waals surface area contributed by atoms with Gasteiger partial charge in [-0.25, -0.2) is 8.42 Å². The monoisotopic (exact) mass is 490 g/mol. The lowest BCUT2D eigenvalue weighted by Gasteiger charge is -2.13. The van der Waals surface area contributed by atoms with E-state index in [0.29, 0.717) is 39.2 Å². The molecular formula is C23H23ClN2O6S. The smallest absolute Gasteiger partial charge is 0.262 e. The lowest BCUT2D eigenvalue weighted by Crippen LogP contribution is -2.20. The number of carbonyl (C=O) groups excluding carboxylic acids is 1. The van der Waals surface area contributed by atoms with Crippen LogP contribution in [0.15, 0.2) is 65.6 Å². The van der Waals surface area contributed by atoms with E-state index in [0.717, 1.165) is 0 Å². The summed E-state index contributed by atoms with van der Waals surface area (Å²) in [4.78, 5) is 12.3. The third kappa shape index (κ3) is 6.30. The summed E-state index contributed by atoms with van der Waals surface area (Å²) in [5.74, 6) is 1.11. The van der Waals surface area contributed by atoms with Crippen LogP contribution in [0.5, 0.6) is 17.2 Å². The topological polar surface area (TPSA) is 103 Å². The van der Waals surface area contributed by atoms with E-state index in [9.17, 15) is 13.2 Å². The Bertz CT molecular complexity index is 1250. The largest absolute Gasteiger partial charge is 0.497 e. The molecule has 0 bridgehead atoms. The van der Waals surface area contributed by atoms with Crippen molar-refractivity contribution in [3.05, 3.63) is 71.2 Å². The van der Waals surface area contributed by atoms with E-state index in [1.165, 1.54) is 32.4 Å². The summed E-state index contributed by atoms with van der Waals surface area (Å²) in [6.07, 6.45) is 0. The van der Waals surface area contributed by atoms with Crippen LogP contribution in [0.3, 0.4) is 0 Å². The average Bonchev–Trinajstić information content (AvgIpc) is 2.78. The van der Waals surface area contributed by atoms with Crippen LogP contribution in [0.25, 0.3) is 0 Å². The number of carbonyl (C=O) groups is 1. The van der Waals surface area contributed by atoms with Crippen LogP contribution in [0, 0.1) is 6.92 Å². The number of nitrogens with one attached hydrogen (secondary N) is 2. The highest BCUT2D eigenvalue weighted by atomic mass is 35.5. The fourth-order valence-corrected chi connectivity index (χ4v) is 4.31. The summed E-state index contributed by atoms with van der Waals surface area (Å²) in [5.41, 5.74) is 1.47. The number of methoxy groups -OCH3 is 2. The minimum absolute atomic E-state index is 0.0699. The third-order valence-electron chi connectivity index (χ3n) is 4.59. The van der Waals surface area contributed by atoms with Crippen LogP contribution >= 0.6 is 11.6 Å². The SMILES string of the molecule is COc1ccc(NS(=O)(=O)c2ccc(OCC(=O)Nc3ccc(OC)c(Cl)c3)c(C)c2)cc1. The number of benzene rings is 3. The lowest BCUT2D eigenvalue weighted by molar-refractivity contribution is -0.118. The van der Waals surface area contributed by atoms with Crippen LogP contribution in [0.4, 0.5) is 11.4 Å². The van der Waals surface area contributed by atoms with E-state index < -0.39 is 15.9 Å². The Balaban J connectivity index is 1.62. The molecule has 1 amide bonds. The van der Waals surface area contributed by atoms with Gasteiger partial charge in [-0.2, -0.15) is 0 Å². The second kappa shape index (κ2) is 10.5. The molecule has 0 fully saturated rings. The molecule has 0 aromatic heterocycles. The number of hydrogen-bond donors (Lipinski definition) is 2. The molecule has 2 N–H and O–H groups in total. The first-order chi connectivity index (χ1) is 15.7. The van der Waals surface area contributed by atoms with Gasteiger partial charge in [0.15, 0.2) is 6.61 Å². The Kier molecular flexibility index (Phi) is 7.67. The van der Waals surface area contributed by atoms with Gasteiger partial charge < -0.3 is 19.5 Å². The van der Waals surface area contributed by atoms with E-state index in [1.54, 1.807) is 49.4 Å². The zero-order valence-corrected chi connectivity index (χ0v) is 19.8. The van der Waals surface area contributed by atoms with Gasteiger partial charge in [0.25, 0.3) is 15.9 Å². The Labute approximate surface area is 197 Å². The first-order valence-electron chi connectivity index (χ1n) is 9.75. The number of halogens is 1. The normalized spacial score (nSPS) is 10.9. The highest BCUT2D eigenvalue weighted by Crippen LogP contribution is 2.27. The number of aryl methyl sites for hydroxylation is 1. The fraction of sp³-hybridized carbons (Fsp3) is 0.174. The predicted octanol–water partition coefficient (Wildman–Crippen LogP) is 4.48. The first kappa shape index (κ1) is 24.2. The van der Waals surface area contributed by atoms with Crippen LogP contribution in [0.1, 0.15) is 5.56 Å². The van der Waals surface area contributed by atoms with Gasteiger partial charge in [-0.15, -0.1) is 0 Å². The molecule has 0 saturated heterocycles. The number of sulfonamides is 1. The van der Waals surface area contributed by atoms with Gasteiger partial charge in [0.05, 0.1) is 24.1 Å². The van der Waals surface area contributed by atoms with Crippen LogP contribution in [-0.4, -0.2) is 35.2 Å². The van der Waals surface area contributed by atoms with Gasteiger partial charge in [0.2, 0.25) is 0 Å². The van der Waals surface area contributed by atoms with Crippen molar-refractivity contribution in [2.24, 2.45) is 0 Å². The molecule has 3 aromatic carbocycles. The maximum absolute atomic E-state index is 12.7. The molecule has 10 heteroatoms. The van der Waals surface area contributed by atoms with Gasteiger partial charge in [-0.3, -0.25) is 9.52 Å². The summed E-state index contributed by atoms with van der Waals surface area (Å²) in [6.45, 7) is 1.43. The standard InChI is InChI=1S/C23H23ClN2O6S/c1-15-12-19(33(28,29)26-16-4-7-18(30-2)8-5-16)9-11-21(15)32-14-23(27)25-17-6-10-22(31-3)20(24)13-17/h4-13,26H,14H2,1-3H3,(H,25,27). The molecule has 33 heavy (non-hydrogen) atoms. The zero-order chi connectivity index (χ0) is 24.0. The van der Waals surface area contributed by atoms with Crippen molar-refractivity contribution in [1.29, 1.82) is 0 Å². The Morgan fingerprint density at radius 3 is 2.18 bits per heavy atom. The molecule has 0 radical (unpaired) electrons. The average molecular weight is 491 g/mol. The molecule has 0 aliphatic rings. The molecule has 0 aliphatic heterocycles. The first-order valence-corrected chi connectivity index (χ1v) is 11.6. The fourth-order valence-electron chi connectivity index (χ4n) is 2.91. The minimum Gasteiger partial charge on any atom is -0.497 e. The molecule has 0 spiro atoms.